The summed E-state index contributed by atoms with van der Waals surface area (Å²) in [6, 6.07) is 0. The first-order chi connectivity index (χ1) is 3.27. The van der Waals surface area contributed by atoms with Crippen molar-refractivity contribution in [3.63, 3.8) is 0 Å². The number of rotatable bonds is 2. The Kier molecular flexibility index (Phi) is 3.90. The van der Waals surface area contributed by atoms with Gasteiger partial charge in [0.25, 0.3) is 0 Å². The monoisotopic (exact) mass is 114 g/mol. The highest BCUT2D eigenvalue weighted by Crippen LogP contribution is 1.96. The molecule has 0 aromatic heterocycles. The zero-order chi connectivity index (χ0) is 5.70. The van der Waals surface area contributed by atoms with Crippen LogP contribution in [-0.2, 0) is 0 Å². The lowest BCUT2D eigenvalue weighted by atomic mass is 10.4. The number of hydrogen-bond acceptors (Lipinski definition) is 1. The summed E-state index contributed by atoms with van der Waals surface area (Å²) in [6.07, 6.45) is 4.97. The smallest absolute Gasteiger partial charge is 0.00352 e. The Morgan fingerprint density at radius 1 is 1.86 bits per heavy atom. The molecule has 0 spiro atoms. The quantitative estimate of drug-likeness (QED) is 0.413. The Bertz CT molecular complexity index is 82.2. The second-order valence-corrected chi connectivity index (χ2v) is 1.88. The molecule has 0 aliphatic rings. The van der Waals surface area contributed by atoms with Gasteiger partial charge in [0.1, 0.15) is 0 Å². The first-order valence-corrected chi connectivity index (χ1v) is 2.76. The molecule has 0 heterocycles. The summed E-state index contributed by atoms with van der Waals surface area (Å²) in [5.74, 6) is 0. The minimum Gasteiger partial charge on any atom is -0.144 e. The molecule has 0 radical (unpaired) electrons. The third kappa shape index (κ3) is 5.83. The van der Waals surface area contributed by atoms with E-state index in [4.69, 9.17) is 0 Å². The molecule has 0 saturated carbocycles. The molecule has 0 nitrogen and oxygen atoms in total. The molecule has 0 aliphatic carbocycles. The average Bonchev–Trinajstić information content (AvgIpc) is 1.61. The summed E-state index contributed by atoms with van der Waals surface area (Å²) < 4.78 is 0. The van der Waals surface area contributed by atoms with Crippen LogP contribution in [0.1, 0.15) is 13.3 Å². The van der Waals surface area contributed by atoms with E-state index < -0.39 is 0 Å². The fourth-order valence-electron chi connectivity index (χ4n) is 0.254. The van der Waals surface area contributed by atoms with Crippen LogP contribution in [0.4, 0.5) is 0 Å². The van der Waals surface area contributed by atoms with Gasteiger partial charge in [0.2, 0.25) is 0 Å². The van der Waals surface area contributed by atoms with Crippen molar-refractivity contribution < 1.29 is 0 Å². The maximum atomic E-state index is 3.95. The van der Waals surface area contributed by atoms with Crippen molar-refractivity contribution in [2.75, 3.05) is 0 Å². The zero-order valence-electron chi connectivity index (χ0n) is 4.52. The molecule has 0 aliphatic heterocycles. The lowest BCUT2D eigenvalue weighted by Gasteiger charge is -1.78. The molecule has 0 rings (SSSR count). The van der Waals surface area contributed by atoms with Gasteiger partial charge in [-0.15, -0.1) is 12.6 Å². The fraction of sp³-hybridized carbons (Fsp3) is 0.333. The van der Waals surface area contributed by atoms with Crippen molar-refractivity contribution in [2.24, 2.45) is 0 Å². The lowest BCUT2D eigenvalue weighted by Crippen LogP contribution is -1.54. The molecule has 0 bridgehead atoms. The standard InChI is InChI=1S/C6H10S/c1-3-4-5-6(2)7/h4-5,7H,2-3H2,1H3/b5-4-. The van der Waals surface area contributed by atoms with Gasteiger partial charge < -0.3 is 0 Å². The van der Waals surface area contributed by atoms with Crippen LogP contribution in [0, 0.1) is 0 Å². The van der Waals surface area contributed by atoms with Crippen LogP contribution in [0.3, 0.4) is 0 Å². The van der Waals surface area contributed by atoms with Gasteiger partial charge in [-0.25, -0.2) is 0 Å². The van der Waals surface area contributed by atoms with Crippen LogP contribution < -0.4 is 0 Å². The third-order valence-electron chi connectivity index (χ3n) is 0.546. The number of allylic oxidation sites excluding steroid dienone is 2. The van der Waals surface area contributed by atoms with Crippen molar-refractivity contribution in [2.45, 2.75) is 13.3 Å². The minimum absolute atomic E-state index is 0.821. The topological polar surface area (TPSA) is 0 Å². The molecule has 0 aromatic carbocycles. The van der Waals surface area contributed by atoms with E-state index in [2.05, 4.69) is 26.1 Å². The van der Waals surface area contributed by atoms with Crippen LogP contribution in [0.15, 0.2) is 23.6 Å². The highest BCUT2D eigenvalue weighted by Gasteiger charge is 1.68. The SMILES string of the molecule is C=C(S)/C=C\CC. The van der Waals surface area contributed by atoms with Crippen molar-refractivity contribution in [1.29, 1.82) is 0 Å². The van der Waals surface area contributed by atoms with Crippen LogP contribution >= 0.6 is 12.6 Å². The van der Waals surface area contributed by atoms with Gasteiger partial charge in [-0.1, -0.05) is 25.7 Å². The Morgan fingerprint density at radius 2 is 2.43 bits per heavy atom. The second kappa shape index (κ2) is 4.00. The molecule has 0 saturated heterocycles. The van der Waals surface area contributed by atoms with Crippen molar-refractivity contribution in [3.8, 4) is 0 Å². The Hall–Kier alpha value is -0.170. The van der Waals surface area contributed by atoms with Crippen molar-refractivity contribution >= 4 is 12.6 Å². The van der Waals surface area contributed by atoms with Crippen LogP contribution in [0.2, 0.25) is 0 Å². The number of thiol groups is 1. The molecule has 0 aromatic rings. The highest BCUT2D eigenvalue weighted by atomic mass is 32.1. The van der Waals surface area contributed by atoms with Gasteiger partial charge in [-0.3, -0.25) is 0 Å². The fourth-order valence-corrected chi connectivity index (χ4v) is 0.359. The molecule has 1 heteroatoms. The Balaban J connectivity index is 3.26. The largest absolute Gasteiger partial charge is 0.144 e. The van der Waals surface area contributed by atoms with Gasteiger partial charge in [0.05, 0.1) is 0 Å². The van der Waals surface area contributed by atoms with E-state index in [0.717, 1.165) is 11.3 Å². The maximum absolute atomic E-state index is 3.95. The second-order valence-electron chi connectivity index (χ2n) is 1.30. The van der Waals surface area contributed by atoms with E-state index >= 15 is 0 Å². The van der Waals surface area contributed by atoms with E-state index in [9.17, 15) is 0 Å². The van der Waals surface area contributed by atoms with E-state index in [0.29, 0.717) is 0 Å². The van der Waals surface area contributed by atoms with Gasteiger partial charge in [-0.2, -0.15) is 0 Å². The molecule has 0 unspecified atom stereocenters. The van der Waals surface area contributed by atoms with Gasteiger partial charge in [-0.05, 0) is 11.3 Å². The highest BCUT2D eigenvalue weighted by molar-refractivity contribution is 7.84. The van der Waals surface area contributed by atoms with Crippen LogP contribution in [0.5, 0.6) is 0 Å². The Morgan fingerprint density at radius 3 is 2.57 bits per heavy atom. The average molecular weight is 114 g/mol. The van der Waals surface area contributed by atoms with E-state index in [1.54, 1.807) is 0 Å². The first-order valence-electron chi connectivity index (χ1n) is 2.31. The van der Waals surface area contributed by atoms with Crippen molar-refractivity contribution in [1.82, 2.24) is 0 Å². The van der Waals surface area contributed by atoms with Gasteiger partial charge >= 0.3 is 0 Å². The van der Waals surface area contributed by atoms with Crippen LogP contribution in [-0.4, -0.2) is 0 Å². The summed E-state index contributed by atoms with van der Waals surface area (Å²) in [4.78, 5) is 0.821. The van der Waals surface area contributed by atoms with Crippen LogP contribution in [0.25, 0.3) is 0 Å². The molecular formula is C6H10S. The van der Waals surface area contributed by atoms with E-state index in [1.807, 2.05) is 12.2 Å². The summed E-state index contributed by atoms with van der Waals surface area (Å²) in [5, 5.41) is 0. The normalized spacial score (nSPS) is 10.0. The van der Waals surface area contributed by atoms with Gasteiger partial charge in [0.15, 0.2) is 0 Å². The molecule has 7 heavy (non-hydrogen) atoms. The summed E-state index contributed by atoms with van der Waals surface area (Å²) in [6.45, 7) is 5.65. The summed E-state index contributed by atoms with van der Waals surface area (Å²) >= 11 is 3.95. The maximum Gasteiger partial charge on any atom is -0.00352 e. The number of hydrogen-bond donors (Lipinski definition) is 1. The first kappa shape index (κ1) is 6.83. The summed E-state index contributed by atoms with van der Waals surface area (Å²) in [7, 11) is 0. The zero-order valence-corrected chi connectivity index (χ0v) is 5.41. The minimum atomic E-state index is 0.821. The molecule has 40 valence electrons. The molecule has 0 fully saturated rings. The molecular weight excluding hydrogens is 104 g/mol. The Labute approximate surface area is 50.3 Å². The van der Waals surface area contributed by atoms with E-state index in [-0.39, 0.29) is 0 Å². The predicted molar refractivity (Wildman–Crippen MR) is 37.6 cm³/mol. The van der Waals surface area contributed by atoms with Gasteiger partial charge in [0, 0.05) is 0 Å². The lowest BCUT2D eigenvalue weighted by molar-refractivity contribution is 1.22. The third-order valence-corrected chi connectivity index (χ3v) is 0.695. The van der Waals surface area contributed by atoms with E-state index in [1.165, 1.54) is 0 Å². The molecule has 0 amide bonds. The molecule has 0 N–H and O–H groups in total. The summed E-state index contributed by atoms with van der Waals surface area (Å²) in [5.41, 5.74) is 0. The predicted octanol–water partition coefficient (Wildman–Crippen LogP) is 2.40. The van der Waals surface area contributed by atoms with Crippen molar-refractivity contribution in [3.05, 3.63) is 23.6 Å². The molecule has 0 atom stereocenters.